The van der Waals surface area contributed by atoms with Gasteiger partial charge in [-0.1, -0.05) is 0 Å². The third-order valence-corrected chi connectivity index (χ3v) is 3.31. The third kappa shape index (κ3) is 3.67. The van der Waals surface area contributed by atoms with Gasteiger partial charge in [0.05, 0.1) is 11.0 Å². The molecule has 0 saturated carbocycles. The molecule has 1 aliphatic rings. The summed E-state index contributed by atoms with van der Waals surface area (Å²) >= 11 is 0. The van der Waals surface area contributed by atoms with E-state index >= 15 is 0 Å². The molecule has 1 fully saturated rings. The number of benzene rings is 1. The second kappa shape index (κ2) is 6.33. The summed E-state index contributed by atoms with van der Waals surface area (Å²) in [7, 11) is 0. The maximum atomic E-state index is 10.6. The van der Waals surface area contributed by atoms with Crippen LogP contribution in [-0.4, -0.2) is 41.8 Å². The SMILES string of the molecule is O=C(O)COC1CCN(c2ccc([N+](=O)[O-])cc2)CC1. The predicted octanol–water partition coefficient (Wildman–Crippen LogP) is 1.66. The van der Waals surface area contributed by atoms with Crippen LogP contribution in [0.2, 0.25) is 0 Å². The van der Waals surface area contributed by atoms with E-state index < -0.39 is 10.9 Å². The van der Waals surface area contributed by atoms with E-state index in [1.54, 1.807) is 12.1 Å². The number of rotatable bonds is 5. The molecule has 20 heavy (non-hydrogen) atoms. The maximum Gasteiger partial charge on any atom is 0.329 e. The van der Waals surface area contributed by atoms with E-state index in [1.165, 1.54) is 12.1 Å². The molecule has 1 heterocycles. The molecule has 1 N–H and O–H groups in total. The number of nitro benzene ring substituents is 1. The zero-order valence-electron chi connectivity index (χ0n) is 10.9. The molecule has 0 amide bonds. The summed E-state index contributed by atoms with van der Waals surface area (Å²) in [6.07, 6.45) is 1.48. The number of nitrogens with zero attached hydrogens (tertiary/aromatic N) is 2. The van der Waals surface area contributed by atoms with Gasteiger partial charge in [0.1, 0.15) is 6.61 Å². The Bertz CT molecular complexity index is 480. The van der Waals surface area contributed by atoms with Crippen molar-refractivity contribution in [1.29, 1.82) is 0 Å². The fourth-order valence-electron chi connectivity index (χ4n) is 2.25. The molecule has 0 radical (unpaired) electrons. The smallest absolute Gasteiger partial charge is 0.329 e. The average Bonchev–Trinajstić information content (AvgIpc) is 2.46. The van der Waals surface area contributed by atoms with Gasteiger partial charge in [-0.25, -0.2) is 4.79 Å². The van der Waals surface area contributed by atoms with Gasteiger partial charge in [-0.05, 0) is 25.0 Å². The van der Waals surface area contributed by atoms with Gasteiger partial charge in [0.2, 0.25) is 0 Å². The van der Waals surface area contributed by atoms with Gasteiger partial charge in [0.25, 0.3) is 5.69 Å². The zero-order chi connectivity index (χ0) is 14.5. The maximum absolute atomic E-state index is 10.6. The van der Waals surface area contributed by atoms with E-state index in [-0.39, 0.29) is 18.4 Å². The topological polar surface area (TPSA) is 92.9 Å². The lowest BCUT2D eigenvalue weighted by Crippen LogP contribution is -2.37. The molecule has 108 valence electrons. The summed E-state index contributed by atoms with van der Waals surface area (Å²) in [6, 6.07) is 6.44. The number of carbonyl (C=O) groups is 1. The van der Waals surface area contributed by atoms with Gasteiger partial charge < -0.3 is 14.7 Å². The molecule has 1 aromatic rings. The number of hydrogen-bond donors (Lipinski definition) is 1. The summed E-state index contributed by atoms with van der Waals surface area (Å²) in [5, 5.41) is 19.1. The lowest BCUT2D eigenvalue weighted by atomic mass is 10.1. The third-order valence-electron chi connectivity index (χ3n) is 3.31. The van der Waals surface area contributed by atoms with Gasteiger partial charge in [-0.3, -0.25) is 10.1 Å². The molecular formula is C13H16N2O5. The Morgan fingerprint density at radius 2 is 1.95 bits per heavy atom. The molecule has 0 unspecified atom stereocenters. The Morgan fingerprint density at radius 3 is 2.45 bits per heavy atom. The van der Waals surface area contributed by atoms with Crippen molar-refractivity contribution in [2.75, 3.05) is 24.6 Å². The van der Waals surface area contributed by atoms with E-state index in [1.807, 2.05) is 0 Å². The van der Waals surface area contributed by atoms with Crippen molar-refractivity contribution >= 4 is 17.3 Å². The fourth-order valence-corrected chi connectivity index (χ4v) is 2.25. The highest BCUT2D eigenvalue weighted by molar-refractivity contribution is 5.68. The molecule has 0 aliphatic carbocycles. The number of nitro groups is 1. The first kappa shape index (κ1) is 14.3. The van der Waals surface area contributed by atoms with Gasteiger partial charge >= 0.3 is 5.97 Å². The summed E-state index contributed by atoms with van der Waals surface area (Å²) in [6.45, 7) is 1.24. The number of ether oxygens (including phenoxy) is 1. The highest BCUT2D eigenvalue weighted by Gasteiger charge is 2.21. The second-order valence-corrected chi connectivity index (χ2v) is 4.66. The average molecular weight is 280 g/mol. The Morgan fingerprint density at radius 1 is 1.35 bits per heavy atom. The van der Waals surface area contributed by atoms with Crippen LogP contribution in [0.3, 0.4) is 0 Å². The normalized spacial score (nSPS) is 16.1. The molecule has 7 nitrogen and oxygen atoms in total. The lowest BCUT2D eigenvalue weighted by Gasteiger charge is -2.33. The number of carboxylic acids is 1. The van der Waals surface area contributed by atoms with E-state index in [2.05, 4.69) is 4.90 Å². The van der Waals surface area contributed by atoms with E-state index in [0.29, 0.717) is 0 Å². The first-order valence-corrected chi connectivity index (χ1v) is 6.39. The highest BCUT2D eigenvalue weighted by Crippen LogP contribution is 2.23. The van der Waals surface area contributed by atoms with Crippen molar-refractivity contribution in [2.45, 2.75) is 18.9 Å². The molecular weight excluding hydrogens is 264 g/mol. The standard InChI is InChI=1S/C13H16N2O5/c16-13(17)9-20-12-5-7-14(8-6-12)10-1-3-11(4-2-10)15(18)19/h1-4,12H,5-9H2,(H,16,17). The van der Waals surface area contributed by atoms with Crippen LogP contribution < -0.4 is 4.90 Å². The number of hydrogen-bond acceptors (Lipinski definition) is 5. The Hall–Kier alpha value is -2.15. The number of aliphatic carboxylic acids is 1. The van der Waals surface area contributed by atoms with Crippen LogP contribution in [0.1, 0.15) is 12.8 Å². The molecule has 0 atom stereocenters. The quantitative estimate of drug-likeness (QED) is 0.651. The first-order valence-electron chi connectivity index (χ1n) is 6.39. The van der Waals surface area contributed by atoms with Crippen LogP contribution in [0, 0.1) is 10.1 Å². The minimum atomic E-state index is -0.956. The molecule has 0 bridgehead atoms. The largest absolute Gasteiger partial charge is 0.480 e. The van der Waals surface area contributed by atoms with Crippen molar-refractivity contribution in [2.24, 2.45) is 0 Å². The van der Waals surface area contributed by atoms with Crippen LogP contribution in [0.25, 0.3) is 0 Å². The van der Waals surface area contributed by atoms with Crippen molar-refractivity contribution < 1.29 is 19.6 Å². The number of anilines is 1. The van der Waals surface area contributed by atoms with Gasteiger partial charge in [0.15, 0.2) is 0 Å². The van der Waals surface area contributed by atoms with Gasteiger partial charge in [0, 0.05) is 30.9 Å². The molecule has 1 aromatic carbocycles. The van der Waals surface area contributed by atoms with Crippen molar-refractivity contribution in [3.63, 3.8) is 0 Å². The molecule has 1 aliphatic heterocycles. The van der Waals surface area contributed by atoms with Crippen LogP contribution >= 0.6 is 0 Å². The molecule has 0 aromatic heterocycles. The van der Waals surface area contributed by atoms with Crippen molar-refractivity contribution in [3.05, 3.63) is 34.4 Å². The lowest BCUT2D eigenvalue weighted by molar-refractivity contribution is -0.384. The van der Waals surface area contributed by atoms with E-state index in [9.17, 15) is 14.9 Å². The summed E-state index contributed by atoms with van der Waals surface area (Å²) < 4.78 is 5.26. The van der Waals surface area contributed by atoms with Crippen molar-refractivity contribution in [3.8, 4) is 0 Å². The number of non-ortho nitro benzene ring substituents is 1. The predicted molar refractivity (Wildman–Crippen MR) is 71.9 cm³/mol. The molecule has 2 rings (SSSR count). The first-order chi connectivity index (χ1) is 9.56. The minimum Gasteiger partial charge on any atom is -0.480 e. The minimum absolute atomic E-state index is 0.0274. The fraction of sp³-hybridized carbons (Fsp3) is 0.462. The van der Waals surface area contributed by atoms with Crippen LogP contribution in [-0.2, 0) is 9.53 Å². The van der Waals surface area contributed by atoms with Crippen LogP contribution in [0.4, 0.5) is 11.4 Å². The van der Waals surface area contributed by atoms with Crippen LogP contribution in [0.15, 0.2) is 24.3 Å². The van der Waals surface area contributed by atoms with E-state index in [0.717, 1.165) is 31.6 Å². The number of piperidine rings is 1. The molecule has 7 heteroatoms. The molecule has 0 spiro atoms. The summed E-state index contributed by atoms with van der Waals surface area (Å²) in [4.78, 5) is 22.7. The Balaban J connectivity index is 1.87. The van der Waals surface area contributed by atoms with Crippen molar-refractivity contribution in [1.82, 2.24) is 0 Å². The summed E-state index contributed by atoms with van der Waals surface area (Å²) in [5.74, 6) is -0.956. The highest BCUT2D eigenvalue weighted by atomic mass is 16.6. The molecule has 1 saturated heterocycles. The van der Waals surface area contributed by atoms with Gasteiger partial charge in [-0.2, -0.15) is 0 Å². The Labute approximate surface area is 115 Å². The van der Waals surface area contributed by atoms with Gasteiger partial charge in [-0.15, -0.1) is 0 Å². The van der Waals surface area contributed by atoms with E-state index in [4.69, 9.17) is 9.84 Å². The Kier molecular flexibility index (Phi) is 4.52. The second-order valence-electron chi connectivity index (χ2n) is 4.66. The monoisotopic (exact) mass is 280 g/mol. The van der Waals surface area contributed by atoms with Crippen LogP contribution in [0.5, 0.6) is 0 Å². The number of carboxylic acid groups (broad SMARTS) is 1. The summed E-state index contributed by atoms with van der Waals surface area (Å²) in [5.41, 5.74) is 1.01. The zero-order valence-corrected chi connectivity index (χ0v) is 10.9.